The fourth-order valence-corrected chi connectivity index (χ4v) is 3.37. The van der Waals surface area contributed by atoms with Crippen LogP contribution >= 0.6 is 0 Å². The van der Waals surface area contributed by atoms with Crippen LogP contribution in [-0.2, 0) is 20.6 Å². The van der Waals surface area contributed by atoms with E-state index in [1.54, 1.807) is 0 Å². The number of benzene rings is 1. The van der Waals surface area contributed by atoms with E-state index in [0.29, 0.717) is 0 Å². The fourth-order valence-electron chi connectivity index (χ4n) is 1.41. The number of hydrogen-bond donors (Lipinski definition) is 1. The summed E-state index contributed by atoms with van der Waals surface area (Å²) in [6, 6.07) is 4.92. The van der Waals surface area contributed by atoms with Gasteiger partial charge in [0, 0.05) is 23.4 Å². The predicted molar refractivity (Wildman–Crippen MR) is 69.4 cm³/mol. The van der Waals surface area contributed by atoms with Gasteiger partial charge in [0.15, 0.2) is 9.84 Å². The van der Waals surface area contributed by atoms with Crippen LogP contribution < -0.4 is 5.73 Å². The highest BCUT2D eigenvalue weighted by Gasteiger charge is 2.39. The zero-order valence-electron chi connectivity index (χ0n) is 10.6. The predicted octanol–water partition coefficient (Wildman–Crippen LogP) is 1.33. The fraction of sp³-hybridized carbons (Fsp3) is 0.455. The minimum absolute atomic E-state index is 0.0180. The van der Waals surface area contributed by atoms with Crippen molar-refractivity contribution < 1.29 is 25.8 Å². The smallest absolute Gasteiger partial charge is 0.330 e. The molecule has 4 nitrogen and oxygen atoms in total. The number of rotatable bonds is 5. The van der Waals surface area contributed by atoms with E-state index in [0.717, 1.165) is 6.26 Å². The molecule has 0 amide bonds. The molecule has 9 heteroatoms. The molecule has 20 heavy (non-hydrogen) atoms. The third-order valence-electron chi connectivity index (χ3n) is 2.61. The Labute approximate surface area is 117 Å². The van der Waals surface area contributed by atoms with Crippen LogP contribution in [0.25, 0.3) is 0 Å². The Bertz CT molecular complexity index is 582. The van der Waals surface area contributed by atoms with Crippen LogP contribution in [0, 0.1) is 5.92 Å². The summed E-state index contributed by atoms with van der Waals surface area (Å²) in [6.07, 6.45) is -3.50. The van der Waals surface area contributed by atoms with E-state index in [1.807, 2.05) is 0 Å². The van der Waals surface area contributed by atoms with Crippen molar-refractivity contribution in [3.63, 3.8) is 0 Å². The number of sulfone groups is 1. The first-order valence-corrected chi connectivity index (χ1v) is 8.72. The largest absolute Gasteiger partial charge is 0.393 e. The van der Waals surface area contributed by atoms with Crippen LogP contribution in [0.4, 0.5) is 13.2 Å². The molecule has 0 radical (unpaired) electrons. The van der Waals surface area contributed by atoms with E-state index in [2.05, 4.69) is 0 Å². The topological polar surface area (TPSA) is 77.2 Å². The number of halogens is 3. The van der Waals surface area contributed by atoms with Crippen molar-refractivity contribution in [1.29, 1.82) is 0 Å². The molecule has 2 unspecified atom stereocenters. The van der Waals surface area contributed by atoms with E-state index < -0.39 is 45.0 Å². The molecule has 1 aromatic rings. The molecule has 0 aliphatic heterocycles. The molecule has 0 heterocycles. The minimum Gasteiger partial charge on any atom is -0.330 e. The van der Waals surface area contributed by atoms with Gasteiger partial charge in [-0.25, -0.2) is 8.42 Å². The maximum Gasteiger partial charge on any atom is 0.393 e. The van der Waals surface area contributed by atoms with E-state index in [9.17, 15) is 25.8 Å². The molecule has 0 saturated heterocycles. The highest BCUT2D eigenvalue weighted by atomic mass is 32.2. The van der Waals surface area contributed by atoms with Gasteiger partial charge < -0.3 is 5.73 Å². The molecule has 0 aliphatic rings. The molecule has 0 saturated carbocycles. The van der Waals surface area contributed by atoms with Crippen molar-refractivity contribution in [2.24, 2.45) is 11.7 Å². The molecule has 0 spiro atoms. The number of hydrogen-bond acceptors (Lipinski definition) is 4. The quantitative estimate of drug-likeness (QED) is 0.884. The number of nitrogens with two attached hydrogens (primary N) is 1. The standard InChI is InChI=1S/C11H14F3NO3S2/c1-20(17,18)10-4-2-9(3-5-10)19(16)7-8(6-15)11(12,13)14/h2-5,8H,6-7,15H2,1H3. The third-order valence-corrected chi connectivity index (χ3v) is 5.25. The molecule has 0 aromatic heterocycles. The van der Waals surface area contributed by atoms with Crippen LogP contribution in [0.1, 0.15) is 0 Å². The molecule has 2 N–H and O–H groups in total. The SMILES string of the molecule is CS(=O)(=O)c1ccc(S(=O)CC(CN)C(F)(F)F)cc1. The van der Waals surface area contributed by atoms with Crippen molar-refractivity contribution in [3.05, 3.63) is 24.3 Å². The van der Waals surface area contributed by atoms with Crippen molar-refractivity contribution in [3.8, 4) is 0 Å². The first-order chi connectivity index (χ1) is 9.05. The van der Waals surface area contributed by atoms with Crippen LogP contribution in [0.15, 0.2) is 34.1 Å². The van der Waals surface area contributed by atoms with Crippen LogP contribution in [0.2, 0.25) is 0 Å². The normalized spacial score (nSPS) is 15.8. The second kappa shape index (κ2) is 6.23. The van der Waals surface area contributed by atoms with Gasteiger partial charge in [-0.1, -0.05) is 0 Å². The minimum atomic E-state index is -4.50. The second-order valence-electron chi connectivity index (χ2n) is 4.23. The van der Waals surface area contributed by atoms with Crippen molar-refractivity contribution in [2.45, 2.75) is 16.0 Å². The zero-order chi connectivity index (χ0) is 15.6. The van der Waals surface area contributed by atoms with E-state index >= 15 is 0 Å². The summed E-state index contributed by atoms with van der Waals surface area (Å²) in [5, 5.41) is 0. The number of alkyl halides is 3. The Morgan fingerprint density at radius 3 is 2.10 bits per heavy atom. The first-order valence-electron chi connectivity index (χ1n) is 5.51. The molecular weight excluding hydrogens is 315 g/mol. The third kappa shape index (κ3) is 4.57. The van der Waals surface area contributed by atoms with Gasteiger partial charge in [0.2, 0.25) is 0 Å². The summed E-state index contributed by atoms with van der Waals surface area (Å²) in [4.78, 5) is 0.157. The Kier molecular flexibility index (Phi) is 5.33. The van der Waals surface area contributed by atoms with Gasteiger partial charge in [-0.05, 0) is 24.3 Å². The average molecular weight is 329 g/mol. The Balaban J connectivity index is 2.89. The van der Waals surface area contributed by atoms with E-state index in [1.165, 1.54) is 24.3 Å². The molecule has 0 aliphatic carbocycles. The van der Waals surface area contributed by atoms with E-state index in [4.69, 9.17) is 5.73 Å². The van der Waals surface area contributed by atoms with Gasteiger partial charge in [0.05, 0.1) is 21.6 Å². The lowest BCUT2D eigenvalue weighted by Gasteiger charge is -2.17. The van der Waals surface area contributed by atoms with Crippen molar-refractivity contribution >= 4 is 20.6 Å². The zero-order valence-corrected chi connectivity index (χ0v) is 12.2. The monoisotopic (exact) mass is 329 g/mol. The lowest BCUT2D eigenvalue weighted by Crippen LogP contribution is -2.34. The lowest BCUT2D eigenvalue weighted by molar-refractivity contribution is -0.165. The van der Waals surface area contributed by atoms with Gasteiger partial charge in [-0.2, -0.15) is 13.2 Å². The van der Waals surface area contributed by atoms with Gasteiger partial charge in [-0.15, -0.1) is 0 Å². The second-order valence-corrected chi connectivity index (χ2v) is 7.74. The lowest BCUT2D eigenvalue weighted by atomic mass is 10.2. The van der Waals surface area contributed by atoms with Gasteiger partial charge in [0.25, 0.3) is 0 Å². The highest BCUT2D eigenvalue weighted by molar-refractivity contribution is 7.90. The Morgan fingerprint density at radius 1 is 1.25 bits per heavy atom. The van der Waals surface area contributed by atoms with Crippen molar-refractivity contribution in [1.82, 2.24) is 0 Å². The molecule has 1 rings (SSSR count). The highest BCUT2D eigenvalue weighted by Crippen LogP contribution is 2.27. The first kappa shape index (κ1) is 17.1. The summed E-state index contributed by atoms with van der Waals surface area (Å²) in [7, 11) is -5.28. The van der Waals surface area contributed by atoms with Crippen LogP contribution in [0.5, 0.6) is 0 Å². The van der Waals surface area contributed by atoms with E-state index in [-0.39, 0.29) is 9.79 Å². The molecule has 0 fully saturated rings. The average Bonchev–Trinajstić information content (AvgIpc) is 2.33. The Hall–Kier alpha value is -0.930. The summed E-state index contributed by atoms with van der Waals surface area (Å²) >= 11 is 0. The summed E-state index contributed by atoms with van der Waals surface area (Å²) in [5.41, 5.74) is 5.03. The van der Waals surface area contributed by atoms with Crippen molar-refractivity contribution in [2.75, 3.05) is 18.6 Å². The molecule has 1 aromatic carbocycles. The van der Waals surface area contributed by atoms with Crippen LogP contribution in [0.3, 0.4) is 0 Å². The summed E-state index contributed by atoms with van der Waals surface area (Å²) < 4.78 is 71.9. The molecule has 0 bridgehead atoms. The molecular formula is C11H14F3NO3S2. The summed E-state index contributed by atoms with van der Waals surface area (Å²) in [6.45, 7) is -0.642. The summed E-state index contributed by atoms with van der Waals surface area (Å²) in [5.74, 6) is -2.49. The van der Waals surface area contributed by atoms with Gasteiger partial charge in [0.1, 0.15) is 0 Å². The van der Waals surface area contributed by atoms with Crippen LogP contribution in [-0.4, -0.2) is 37.4 Å². The van der Waals surface area contributed by atoms with Gasteiger partial charge >= 0.3 is 6.18 Å². The Morgan fingerprint density at radius 2 is 1.75 bits per heavy atom. The molecule has 114 valence electrons. The maximum absolute atomic E-state index is 12.5. The molecule has 2 atom stereocenters. The maximum atomic E-state index is 12.5. The van der Waals surface area contributed by atoms with Gasteiger partial charge in [-0.3, -0.25) is 4.21 Å².